The van der Waals surface area contributed by atoms with Crippen molar-refractivity contribution in [1.29, 1.82) is 0 Å². The molecule has 0 saturated heterocycles. The number of amides is 1. The number of nitrogens with zero attached hydrogens (tertiary/aromatic N) is 1. The predicted octanol–water partition coefficient (Wildman–Crippen LogP) is 5.07. The summed E-state index contributed by atoms with van der Waals surface area (Å²) in [6.07, 6.45) is 3.43. The summed E-state index contributed by atoms with van der Waals surface area (Å²) in [5, 5.41) is 2.96. The molecule has 132 valence electrons. The van der Waals surface area contributed by atoms with Gasteiger partial charge in [-0.3, -0.25) is 4.79 Å². The lowest BCUT2D eigenvalue weighted by molar-refractivity contribution is -0.118. The number of hydrogen-bond acceptors (Lipinski definition) is 2. The van der Waals surface area contributed by atoms with Gasteiger partial charge < -0.3 is 5.32 Å². The van der Waals surface area contributed by atoms with E-state index in [2.05, 4.69) is 41.5 Å². The molecule has 3 heteroatoms. The van der Waals surface area contributed by atoms with Crippen molar-refractivity contribution in [2.75, 3.05) is 5.32 Å². The highest BCUT2D eigenvalue weighted by Gasteiger charge is 2.23. The zero-order valence-electron chi connectivity index (χ0n) is 15.0. The third-order valence-electron chi connectivity index (χ3n) is 4.50. The van der Waals surface area contributed by atoms with E-state index in [9.17, 15) is 4.79 Å². The molecule has 0 aliphatic carbocycles. The molecule has 3 rings (SSSR count). The zero-order chi connectivity index (χ0) is 18.2. The fraction of sp³-hybridized carbons (Fsp3) is 0.217. The first-order chi connectivity index (χ1) is 12.7. The molecule has 0 aliphatic rings. The molecule has 1 unspecified atom stereocenters. The molecule has 2 atom stereocenters. The number of hydrogen-bond donors (Lipinski definition) is 1. The van der Waals surface area contributed by atoms with Crippen LogP contribution in [0, 0.1) is 5.92 Å². The Hall–Kier alpha value is -2.94. The van der Waals surface area contributed by atoms with Crippen LogP contribution < -0.4 is 5.32 Å². The molecule has 1 amide bonds. The van der Waals surface area contributed by atoms with Crippen molar-refractivity contribution in [1.82, 2.24) is 4.98 Å². The van der Waals surface area contributed by atoms with Crippen molar-refractivity contribution in [2.45, 2.75) is 25.7 Å². The minimum atomic E-state index is -0.197. The SMILES string of the molecule is CC(Cc1ccccc1)C[C@@H](C(=O)Nc1ccccn1)c1ccccc1. The molecule has 2 aromatic carbocycles. The van der Waals surface area contributed by atoms with Crippen molar-refractivity contribution in [3.8, 4) is 0 Å². The Morgan fingerprint density at radius 1 is 0.923 bits per heavy atom. The molecule has 0 fully saturated rings. The Kier molecular flexibility index (Phi) is 6.15. The van der Waals surface area contributed by atoms with E-state index < -0.39 is 0 Å². The van der Waals surface area contributed by atoms with E-state index in [1.165, 1.54) is 5.56 Å². The van der Waals surface area contributed by atoms with Crippen LogP contribution in [0.1, 0.15) is 30.4 Å². The maximum absolute atomic E-state index is 12.9. The first kappa shape index (κ1) is 17.9. The van der Waals surface area contributed by atoms with Gasteiger partial charge in [0.25, 0.3) is 0 Å². The number of rotatable bonds is 7. The lowest BCUT2D eigenvalue weighted by Crippen LogP contribution is -2.24. The van der Waals surface area contributed by atoms with Crippen molar-refractivity contribution in [2.24, 2.45) is 5.92 Å². The number of pyridine rings is 1. The van der Waals surface area contributed by atoms with E-state index >= 15 is 0 Å². The van der Waals surface area contributed by atoms with Crippen LogP contribution in [0.3, 0.4) is 0 Å². The molecule has 0 bridgehead atoms. The first-order valence-electron chi connectivity index (χ1n) is 9.03. The van der Waals surface area contributed by atoms with Crippen molar-refractivity contribution >= 4 is 11.7 Å². The third kappa shape index (κ3) is 5.03. The summed E-state index contributed by atoms with van der Waals surface area (Å²) in [6, 6.07) is 26.0. The quantitative estimate of drug-likeness (QED) is 0.650. The number of benzene rings is 2. The molecular weight excluding hydrogens is 320 g/mol. The molecule has 0 radical (unpaired) electrons. The summed E-state index contributed by atoms with van der Waals surface area (Å²) < 4.78 is 0. The van der Waals surface area contributed by atoms with E-state index in [-0.39, 0.29) is 11.8 Å². The van der Waals surface area contributed by atoms with Crippen molar-refractivity contribution in [3.05, 3.63) is 96.2 Å². The molecule has 0 saturated carbocycles. The second-order valence-electron chi connectivity index (χ2n) is 6.70. The molecule has 26 heavy (non-hydrogen) atoms. The van der Waals surface area contributed by atoms with Crippen LogP contribution in [0.4, 0.5) is 5.82 Å². The Labute approximate surface area is 155 Å². The molecule has 1 aromatic heterocycles. The van der Waals surface area contributed by atoms with E-state index in [4.69, 9.17) is 0 Å². The van der Waals surface area contributed by atoms with Crippen molar-refractivity contribution < 1.29 is 4.79 Å². The predicted molar refractivity (Wildman–Crippen MR) is 106 cm³/mol. The second kappa shape index (κ2) is 8.95. The largest absolute Gasteiger partial charge is 0.310 e. The Morgan fingerprint density at radius 3 is 2.23 bits per heavy atom. The van der Waals surface area contributed by atoms with Crippen LogP contribution in [0.2, 0.25) is 0 Å². The summed E-state index contributed by atoms with van der Waals surface area (Å²) in [7, 11) is 0. The Bertz CT molecular complexity index is 803. The molecule has 0 spiro atoms. The monoisotopic (exact) mass is 344 g/mol. The van der Waals surface area contributed by atoms with Crippen LogP contribution in [0.5, 0.6) is 0 Å². The first-order valence-corrected chi connectivity index (χ1v) is 9.03. The van der Waals surface area contributed by atoms with Gasteiger partial charge >= 0.3 is 0 Å². The van der Waals surface area contributed by atoms with Gasteiger partial charge in [0.15, 0.2) is 0 Å². The number of carbonyl (C=O) groups is 1. The highest BCUT2D eigenvalue weighted by atomic mass is 16.1. The lowest BCUT2D eigenvalue weighted by atomic mass is 9.86. The molecule has 0 aliphatic heterocycles. The van der Waals surface area contributed by atoms with E-state index in [1.807, 2.05) is 54.6 Å². The smallest absolute Gasteiger partial charge is 0.233 e. The standard InChI is InChI=1S/C23H24N2O/c1-18(16-19-10-4-2-5-11-19)17-21(20-12-6-3-7-13-20)23(26)25-22-14-8-9-15-24-22/h2-15,18,21H,16-17H2,1H3,(H,24,25,26)/t18?,21-/m1/s1. The number of aromatic nitrogens is 1. The lowest BCUT2D eigenvalue weighted by Gasteiger charge is -2.21. The van der Waals surface area contributed by atoms with Gasteiger partial charge in [-0.1, -0.05) is 73.7 Å². The average Bonchev–Trinajstić information content (AvgIpc) is 2.68. The van der Waals surface area contributed by atoms with Gasteiger partial charge in [-0.25, -0.2) is 4.98 Å². The van der Waals surface area contributed by atoms with Gasteiger partial charge in [-0.15, -0.1) is 0 Å². The summed E-state index contributed by atoms with van der Waals surface area (Å²) >= 11 is 0. The number of carbonyl (C=O) groups excluding carboxylic acids is 1. The highest BCUT2D eigenvalue weighted by molar-refractivity contribution is 5.95. The van der Waals surface area contributed by atoms with E-state index in [0.717, 1.165) is 18.4 Å². The summed E-state index contributed by atoms with van der Waals surface area (Å²) in [4.78, 5) is 17.2. The van der Waals surface area contributed by atoms with Crippen LogP contribution >= 0.6 is 0 Å². The summed E-state index contributed by atoms with van der Waals surface area (Å²) in [6.45, 7) is 2.21. The highest BCUT2D eigenvalue weighted by Crippen LogP contribution is 2.27. The number of nitrogens with one attached hydrogen (secondary N) is 1. The van der Waals surface area contributed by atoms with Gasteiger partial charge in [0, 0.05) is 6.20 Å². The Balaban J connectivity index is 1.74. The maximum Gasteiger partial charge on any atom is 0.233 e. The molecule has 3 aromatic rings. The van der Waals surface area contributed by atoms with Crippen LogP contribution in [-0.2, 0) is 11.2 Å². The molecule has 3 nitrogen and oxygen atoms in total. The fourth-order valence-electron chi connectivity index (χ4n) is 3.23. The van der Waals surface area contributed by atoms with Gasteiger partial charge in [0.2, 0.25) is 5.91 Å². The zero-order valence-corrected chi connectivity index (χ0v) is 15.0. The van der Waals surface area contributed by atoms with Crippen LogP contribution in [0.25, 0.3) is 0 Å². The van der Waals surface area contributed by atoms with Gasteiger partial charge in [0.1, 0.15) is 5.82 Å². The summed E-state index contributed by atoms with van der Waals surface area (Å²) in [5.74, 6) is 0.776. The van der Waals surface area contributed by atoms with Gasteiger partial charge in [-0.05, 0) is 42.0 Å². The number of anilines is 1. The molecule has 1 N–H and O–H groups in total. The van der Waals surface area contributed by atoms with Crippen molar-refractivity contribution in [3.63, 3.8) is 0 Å². The van der Waals surface area contributed by atoms with E-state index in [0.29, 0.717) is 11.7 Å². The van der Waals surface area contributed by atoms with Gasteiger partial charge in [-0.2, -0.15) is 0 Å². The third-order valence-corrected chi connectivity index (χ3v) is 4.50. The normalized spacial score (nSPS) is 13.0. The van der Waals surface area contributed by atoms with Crippen LogP contribution in [0.15, 0.2) is 85.1 Å². The second-order valence-corrected chi connectivity index (χ2v) is 6.70. The van der Waals surface area contributed by atoms with E-state index in [1.54, 1.807) is 6.20 Å². The Morgan fingerprint density at radius 2 is 1.58 bits per heavy atom. The maximum atomic E-state index is 12.9. The van der Waals surface area contributed by atoms with Crippen LogP contribution in [-0.4, -0.2) is 10.9 Å². The average molecular weight is 344 g/mol. The minimum Gasteiger partial charge on any atom is -0.310 e. The molecule has 1 heterocycles. The fourth-order valence-corrected chi connectivity index (χ4v) is 3.23. The minimum absolute atomic E-state index is 0.00480. The van der Waals surface area contributed by atoms with Gasteiger partial charge in [0.05, 0.1) is 5.92 Å². The summed E-state index contributed by atoms with van der Waals surface area (Å²) in [5.41, 5.74) is 2.35. The molecular formula is C23H24N2O. The topological polar surface area (TPSA) is 42.0 Å².